The van der Waals surface area contributed by atoms with Crippen molar-refractivity contribution in [2.24, 2.45) is 5.41 Å². The van der Waals surface area contributed by atoms with Crippen LogP contribution in [0.5, 0.6) is 0 Å². The van der Waals surface area contributed by atoms with E-state index in [0.717, 1.165) is 26.1 Å². The molecule has 2 heterocycles. The topological polar surface area (TPSA) is 95.5 Å². The van der Waals surface area contributed by atoms with E-state index in [4.69, 9.17) is 4.55 Å². The number of carbonyl (C=O) groups is 1. The quantitative estimate of drug-likeness (QED) is 0.438. The highest BCUT2D eigenvalue weighted by Gasteiger charge is 2.43. The van der Waals surface area contributed by atoms with Crippen molar-refractivity contribution in [3.05, 3.63) is 0 Å². The molecule has 2 aliphatic heterocycles. The number of hydrogen-bond donors (Lipinski definition) is 3. The van der Waals surface area contributed by atoms with Crippen molar-refractivity contribution in [1.29, 1.82) is 0 Å². The highest BCUT2D eigenvalue weighted by atomic mass is 32.2. The van der Waals surface area contributed by atoms with Crippen LogP contribution in [0.1, 0.15) is 6.42 Å². The normalized spacial score (nSPS) is 23.4. The van der Waals surface area contributed by atoms with Gasteiger partial charge in [0.25, 0.3) is 10.1 Å². The van der Waals surface area contributed by atoms with E-state index in [2.05, 4.69) is 10.6 Å². The summed E-state index contributed by atoms with van der Waals surface area (Å²) in [4.78, 5) is 10.7. The number of nitrogens with one attached hydrogen (secondary N) is 2. The van der Waals surface area contributed by atoms with Crippen LogP contribution in [0, 0.1) is 5.41 Å². The van der Waals surface area contributed by atoms with Crippen LogP contribution in [0.25, 0.3) is 0 Å². The zero-order valence-electron chi connectivity index (χ0n) is 7.91. The molecule has 82 valence electrons. The van der Waals surface area contributed by atoms with Crippen molar-refractivity contribution >= 4 is 16.0 Å². The minimum absolute atomic E-state index is 0.219. The summed E-state index contributed by atoms with van der Waals surface area (Å²) in [6.45, 7) is 2.93. The first-order valence-electron chi connectivity index (χ1n) is 4.21. The third-order valence-corrected chi connectivity index (χ3v) is 2.20. The van der Waals surface area contributed by atoms with Crippen LogP contribution in [0.15, 0.2) is 0 Å². The van der Waals surface area contributed by atoms with Gasteiger partial charge in [-0.25, -0.2) is 0 Å². The summed E-state index contributed by atoms with van der Waals surface area (Å²) in [6, 6.07) is 0. The standard InChI is InChI=1S/C6H10N2O.CH4O3S/c9-5-1-6(4-8-5)2-7-3-6;1-5(2,3)4/h7H,1-4H2,(H,8,9);1H3,(H,2,3,4). The second kappa shape index (κ2) is 3.84. The zero-order chi connectivity index (χ0) is 10.8. The second-order valence-corrected chi connectivity index (χ2v) is 5.26. The predicted octanol–water partition coefficient (Wildman–Crippen LogP) is -1.40. The van der Waals surface area contributed by atoms with Crippen LogP contribution in [0.2, 0.25) is 0 Å². The first kappa shape index (κ1) is 11.4. The Morgan fingerprint density at radius 3 is 2.00 bits per heavy atom. The molecule has 6 nitrogen and oxygen atoms in total. The van der Waals surface area contributed by atoms with Crippen molar-refractivity contribution in [1.82, 2.24) is 10.6 Å². The fourth-order valence-corrected chi connectivity index (χ4v) is 1.48. The van der Waals surface area contributed by atoms with Gasteiger partial charge in [-0.3, -0.25) is 9.35 Å². The van der Waals surface area contributed by atoms with Crippen molar-refractivity contribution in [3.8, 4) is 0 Å². The first-order valence-corrected chi connectivity index (χ1v) is 6.06. The maximum Gasteiger partial charge on any atom is 0.261 e. The highest BCUT2D eigenvalue weighted by molar-refractivity contribution is 7.85. The van der Waals surface area contributed by atoms with Gasteiger partial charge in [0.1, 0.15) is 0 Å². The molecule has 0 radical (unpaired) electrons. The molecule has 2 aliphatic rings. The molecule has 1 amide bonds. The van der Waals surface area contributed by atoms with E-state index < -0.39 is 10.1 Å². The van der Waals surface area contributed by atoms with Gasteiger partial charge in [-0.05, 0) is 0 Å². The summed E-state index contributed by atoms with van der Waals surface area (Å²) in [5, 5.41) is 6.01. The van der Waals surface area contributed by atoms with E-state index in [-0.39, 0.29) is 5.91 Å². The number of rotatable bonds is 0. The van der Waals surface area contributed by atoms with Gasteiger partial charge in [0.05, 0.1) is 6.26 Å². The van der Waals surface area contributed by atoms with E-state index in [0.29, 0.717) is 11.7 Å². The van der Waals surface area contributed by atoms with Gasteiger partial charge in [-0.1, -0.05) is 0 Å². The average molecular weight is 222 g/mol. The first-order chi connectivity index (χ1) is 6.31. The third-order valence-electron chi connectivity index (χ3n) is 2.20. The molecule has 2 fully saturated rings. The maximum absolute atomic E-state index is 10.7. The third kappa shape index (κ3) is 3.60. The highest BCUT2D eigenvalue weighted by Crippen LogP contribution is 2.29. The van der Waals surface area contributed by atoms with Gasteiger partial charge < -0.3 is 10.6 Å². The van der Waals surface area contributed by atoms with Crippen LogP contribution in [0.4, 0.5) is 0 Å². The molecular weight excluding hydrogens is 208 g/mol. The molecule has 14 heavy (non-hydrogen) atoms. The molecule has 7 heteroatoms. The van der Waals surface area contributed by atoms with Gasteiger partial charge in [-0.2, -0.15) is 8.42 Å². The van der Waals surface area contributed by atoms with E-state index in [9.17, 15) is 13.2 Å². The lowest BCUT2D eigenvalue weighted by Gasteiger charge is -2.37. The molecule has 0 aromatic heterocycles. The molecular formula is C7H14N2O4S. The van der Waals surface area contributed by atoms with Gasteiger partial charge in [0.15, 0.2) is 0 Å². The zero-order valence-corrected chi connectivity index (χ0v) is 8.73. The molecule has 0 bridgehead atoms. The molecule has 0 unspecified atom stereocenters. The molecule has 0 aromatic rings. The van der Waals surface area contributed by atoms with Crippen molar-refractivity contribution < 1.29 is 17.8 Å². The summed E-state index contributed by atoms with van der Waals surface area (Å²) < 4.78 is 25.9. The summed E-state index contributed by atoms with van der Waals surface area (Å²) in [5.74, 6) is 0.219. The Labute approximate surface area is 82.8 Å². The number of carbonyl (C=O) groups excluding carboxylic acids is 1. The lowest BCUT2D eigenvalue weighted by Crippen LogP contribution is -2.54. The maximum atomic E-state index is 10.7. The Bertz CT molecular complexity index is 313. The molecule has 3 N–H and O–H groups in total. The SMILES string of the molecule is CS(=O)(=O)O.O=C1CC2(CNC2)CN1. The Balaban J connectivity index is 0.000000171. The fourth-order valence-electron chi connectivity index (χ4n) is 1.48. The van der Waals surface area contributed by atoms with Crippen molar-refractivity contribution in [2.45, 2.75) is 6.42 Å². The fraction of sp³-hybridized carbons (Fsp3) is 0.857. The Kier molecular flexibility index (Phi) is 3.13. The molecule has 0 atom stereocenters. The monoisotopic (exact) mass is 222 g/mol. The molecule has 0 saturated carbocycles. The molecule has 0 aliphatic carbocycles. The minimum Gasteiger partial charge on any atom is -0.355 e. The summed E-state index contributed by atoms with van der Waals surface area (Å²) >= 11 is 0. The largest absolute Gasteiger partial charge is 0.355 e. The van der Waals surface area contributed by atoms with E-state index in [1.54, 1.807) is 0 Å². The molecule has 1 spiro atoms. The Hall–Kier alpha value is -0.660. The van der Waals surface area contributed by atoms with Crippen LogP contribution >= 0.6 is 0 Å². The molecule has 2 saturated heterocycles. The second-order valence-electron chi connectivity index (χ2n) is 3.79. The predicted molar refractivity (Wildman–Crippen MR) is 50.4 cm³/mol. The van der Waals surface area contributed by atoms with Crippen molar-refractivity contribution in [2.75, 3.05) is 25.9 Å². The summed E-state index contributed by atoms with van der Waals surface area (Å²) in [5.41, 5.74) is 0.317. The van der Waals surface area contributed by atoms with Crippen LogP contribution in [0.3, 0.4) is 0 Å². The van der Waals surface area contributed by atoms with E-state index in [1.165, 1.54) is 0 Å². The van der Waals surface area contributed by atoms with E-state index in [1.807, 2.05) is 0 Å². The average Bonchev–Trinajstić information content (AvgIpc) is 2.26. The molecule has 0 aromatic carbocycles. The number of hydrogen-bond acceptors (Lipinski definition) is 4. The number of amides is 1. The lowest BCUT2D eigenvalue weighted by molar-refractivity contribution is -0.119. The minimum atomic E-state index is -3.67. The summed E-state index contributed by atoms with van der Waals surface area (Å²) in [6.07, 6.45) is 1.45. The summed E-state index contributed by atoms with van der Waals surface area (Å²) in [7, 11) is -3.67. The molecule has 2 rings (SSSR count). The van der Waals surface area contributed by atoms with Crippen LogP contribution < -0.4 is 10.6 Å². The smallest absolute Gasteiger partial charge is 0.261 e. The van der Waals surface area contributed by atoms with E-state index >= 15 is 0 Å². The Morgan fingerprint density at radius 2 is 1.86 bits per heavy atom. The Morgan fingerprint density at radius 1 is 1.36 bits per heavy atom. The van der Waals surface area contributed by atoms with Gasteiger partial charge in [0.2, 0.25) is 5.91 Å². The van der Waals surface area contributed by atoms with Crippen LogP contribution in [-0.4, -0.2) is 44.8 Å². The lowest BCUT2D eigenvalue weighted by atomic mass is 9.81. The van der Waals surface area contributed by atoms with Crippen LogP contribution in [-0.2, 0) is 14.9 Å². The van der Waals surface area contributed by atoms with Gasteiger partial charge in [0, 0.05) is 31.5 Å². The van der Waals surface area contributed by atoms with Gasteiger partial charge in [-0.15, -0.1) is 0 Å². The van der Waals surface area contributed by atoms with Gasteiger partial charge >= 0.3 is 0 Å². The van der Waals surface area contributed by atoms with Crippen molar-refractivity contribution in [3.63, 3.8) is 0 Å².